The number of ether oxygens (including phenoxy) is 1. The van der Waals surface area contributed by atoms with Gasteiger partial charge in [0, 0.05) is 16.2 Å². The van der Waals surface area contributed by atoms with E-state index < -0.39 is 6.10 Å². The molecule has 3 nitrogen and oxygen atoms in total. The predicted octanol–water partition coefficient (Wildman–Crippen LogP) is 4.85. The number of hydrogen-bond acceptors (Lipinski definition) is 2. The Hall–Kier alpha value is -1.52. The molecule has 0 aliphatic carbocycles. The number of amides is 1. The van der Waals surface area contributed by atoms with E-state index in [4.69, 9.17) is 16.3 Å². The lowest BCUT2D eigenvalue weighted by atomic mass is 10.1. The largest absolute Gasteiger partial charge is 0.479 e. The second kappa shape index (κ2) is 6.54. The van der Waals surface area contributed by atoms with Gasteiger partial charge < -0.3 is 9.64 Å². The first kappa shape index (κ1) is 16.3. The molecular weight excluding hydrogens is 378 g/mol. The first-order valence-electron chi connectivity index (χ1n) is 7.50. The minimum absolute atomic E-state index is 0.0542. The topological polar surface area (TPSA) is 29.5 Å². The molecule has 2 aromatic rings. The fourth-order valence-corrected chi connectivity index (χ4v) is 3.63. The van der Waals surface area contributed by atoms with Crippen LogP contribution in [0.5, 0.6) is 5.75 Å². The van der Waals surface area contributed by atoms with Gasteiger partial charge in [-0.1, -0.05) is 45.7 Å². The summed E-state index contributed by atoms with van der Waals surface area (Å²) in [5.74, 6) is 0.456. The molecule has 2 atom stereocenters. The predicted molar refractivity (Wildman–Crippen MR) is 96.3 cm³/mol. The summed E-state index contributed by atoms with van der Waals surface area (Å²) in [6, 6.07) is 13.5. The zero-order chi connectivity index (χ0) is 16.6. The second-order valence-electron chi connectivity index (χ2n) is 5.72. The Morgan fingerprint density at radius 3 is 2.83 bits per heavy atom. The number of halogens is 2. The van der Waals surface area contributed by atoms with Crippen LogP contribution in [-0.2, 0) is 11.2 Å². The van der Waals surface area contributed by atoms with E-state index >= 15 is 0 Å². The number of benzene rings is 2. The Morgan fingerprint density at radius 1 is 1.35 bits per heavy atom. The van der Waals surface area contributed by atoms with Gasteiger partial charge in [0.15, 0.2) is 6.10 Å². The van der Waals surface area contributed by atoms with Crippen LogP contribution >= 0.6 is 27.5 Å². The van der Waals surface area contributed by atoms with Gasteiger partial charge in [-0.2, -0.15) is 0 Å². The van der Waals surface area contributed by atoms with E-state index in [0.717, 1.165) is 16.6 Å². The molecule has 1 heterocycles. The van der Waals surface area contributed by atoms with E-state index in [9.17, 15) is 4.79 Å². The second-order valence-corrected chi connectivity index (χ2v) is 7.05. The number of carbonyl (C=O) groups excluding carboxylic acids is 1. The van der Waals surface area contributed by atoms with Crippen LogP contribution in [0.15, 0.2) is 46.9 Å². The van der Waals surface area contributed by atoms with Crippen molar-refractivity contribution in [2.24, 2.45) is 0 Å². The fourth-order valence-electron chi connectivity index (χ4n) is 2.91. The van der Waals surface area contributed by atoms with E-state index in [2.05, 4.69) is 28.9 Å². The van der Waals surface area contributed by atoms with Crippen LogP contribution in [0.25, 0.3) is 0 Å². The molecule has 1 amide bonds. The zero-order valence-electron chi connectivity index (χ0n) is 12.9. The van der Waals surface area contributed by atoms with Crippen molar-refractivity contribution in [2.75, 3.05) is 4.90 Å². The molecule has 0 bridgehead atoms. The van der Waals surface area contributed by atoms with Crippen LogP contribution in [-0.4, -0.2) is 18.1 Å². The summed E-state index contributed by atoms with van der Waals surface area (Å²) in [6.07, 6.45) is 0.260. The van der Waals surface area contributed by atoms with Crippen LogP contribution in [0.3, 0.4) is 0 Å². The maximum Gasteiger partial charge on any atom is 0.268 e. The molecule has 0 N–H and O–H groups in total. The number of fused-ring (bicyclic) bond motifs is 1. The molecule has 0 aromatic heterocycles. The maximum absolute atomic E-state index is 12.8. The molecule has 1 aliphatic rings. The third-order valence-corrected chi connectivity index (χ3v) is 4.78. The number of anilines is 1. The summed E-state index contributed by atoms with van der Waals surface area (Å²) in [4.78, 5) is 14.7. The average molecular weight is 395 g/mol. The quantitative estimate of drug-likeness (QED) is 0.745. The van der Waals surface area contributed by atoms with E-state index in [1.165, 1.54) is 5.56 Å². The lowest BCUT2D eigenvalue weighted by Gasteiger charge is -2.26. The third-order valence-electron chi connectivity index (χ3n) is 3.99. The van der Waals surface area contributed by atoms with Crippen molar-refractivity contribution in [2.45, 2.75) is 32.4 Å². The third kappa shape index (κ3) is 3.24. The normalized spacial score (nSPS) is 17.7. The maximum atomic E-state index is 12.8. The first-order chi connectivity index (χ1) is 11.0. The highest BCUT2D eigenvalue weighted by Crippen LogP contribution is 2.33. The van der Waals surface area contributed by atoms with E-state index in [0.29, 0.717) is 10.8 Å². The van der Waals surface area contributed by atoms with Gasteiger partial charge in [-0.05, 0) is 50.1 Å². The zero-order valence-corrected chi connectivity index (χ0v) is 15.3. The van der Waals surface area contributed by atoms with Crippen molar-refractivity contribution in [3.05, 3.63) is 57.5 Å². The summed E-state index contributed by atoms with van der Waals surface area (Å²) < 4.78 is 6.66. The molecule has 23 heavy (non-hydrogen) atoms. The van der Waals surface area contributed by atoms with Crippen molar-refractivity contribution in [1.29, 1.82) is 0 Å². The van der Waals surface area contributed by atoms with Crippen LogP contribution in [0.1, 0.15) is 19.4 Å². The van der Waals surface area contributed by atoms with E-state index in [-0.39, 0.29) is 11.9 Å². The molecule has 0 radical (unpaired) electrons. The van der Waals surface area contributed by atoms with Gasteiger partial charge in [-0.25, -0.2) is 0 Å². The standard InChI is InChI=1S/C18H17BrClNO2/c1-11-9-13-5-3-4-6-16(13)21(11)18(22)12(2)23-17-8-7-14(19)10-15(17)20/h3-8,10-12H,9H2,1-2H3/t11-,12-/m1/s1. The smallest absolute Gasteiger partial charge is 0.268 e. The van der Waals surface area contributed by atoms with Crippen molar-refractivity contribution < 1.29 is 9.53 Å². The molecule has 120 valence electrons. The van der Waals surface area contributed by atoms with Crippen molar-refractivity contribution in [3.8, 4) is 5.75 Å². The Bertz CT molecular complexity index is 750. The highest BCUT2D eigenvalue weighted by Gasteiger charge is 2.34. The molecule has 0 unspecified atom stereocenters. The van der Waals surface area contributed by atoms with Gasteiger partial charge in [0.25, 0.3) is 5.91 Å². The molecule has 5 heteroatoms. The molecule has 0 saturated carbocycles. The van der Waals surface area contributed by atoms with Crippen LogP contribution in [0, 0.1) is 0 Å². The lowest BCUT2D eigenvalue weighted by Crippen LogP contribution is -2.43. The van der Waals surface area contributed by atoms with Crippen molar-refractivity contribution in [1.82, 2.24) is 0 Å². The highest BCUT2D eigenvalue weighted by atomic mass is 79.9. The summed E-state index contributed by atoms with van der Waals surface area (Å²) in [7, 11) is 0. The summed E-state index contributed by atoms with van der Waals surface area (Å²) in [5, 5.41) is 0.480. The Kier molecular flexibility index (Phi) is 4.64. The molecule has 0 spiro atoms. The number of nitrogens with zero attached hydrogens (tertiary/aromatic N) is 1. The Balaban J connectivity index is 1.80. The van der Waals surface area contributed by atoms with E-state index in [1.807, 2.05) is 29.2 Å². The molecule has 2 aromatic carbocycles. The van der Waals surface area contributed by atoms with Crippen LogP contribution in [0.4, 0.5) is 5.69 Å². The minimum atomic E-state index is -0.609. The first-order valence-corrected chi connectivity index (χ1v) is 8.67. The summed E-state index contributed by atoms with van der Waals surface area (Å²) >= 11 is 9.52. The summed E-state index contributed by atoms with van der Waals surface area (Å²) in [5.41, 5.74) is 2.17. The highest BCUT2D eigenvalue weighted by molar-refractivity contribution is 9.10. The van der Waals surface area contributed by atoms with E-state index in [1.54, 1.807) is 19.1 Å². The van der Waals surface area contributed by atoms with Gasteiger partial charge >= 0.3 is 0 Å². The molecule has 0 saturated heterocycles. The molecule has 0 fully saturated rings. The SMILES string of the molecule is C[C@@H]1Cc2ccccc2N1C(=O)[C@@H](C)Oc1ccc(Br)cc1Cl. The number of carbonyl (C=O) groups is 1. The molecule has 3 rings (SSSR count). The number of para-hydroxylation sites is 1. The Morgan fingerprint density at radius 2 is 2.09 bits per heavy atom. The Labute approximate surface area is 149 Å². The van der Waals surface area contributed by atoms with Crippen LogP contribution in [0.2, 0.25) is 5.02 Å². The van der Waals surface area contributed by atoms with Gasteiger partial charge in [0.05, 0.1) is 5.02 Å². The average Bonchev–Trinajstić information content (AvgIpc) is 2.85. The minimum Gasteiger partial charge on any atom is -0.479 e. The van der Waals surface area contributed by atoms with Gasteiger partial charge in [0.1, 0.15) is 5.75 Å². The fraction of sp³-hybridized carbons (Fsp3) is 0.278. The number of hydrogen-bond donors (Lipinski definition) is 0. The number of rotatable bonds is 3. The van der Waals surface area contributed by atoms with Gasteiger partial charge in [0.2, 0.25) is 0 Å². The monoisotopic (exact) mass is 393 g/mol. The summed E-state index contributed by atoms with van der Waals surface area (Å²) in [6.45, 7) is 3.81. The molecular formula is C18H17BrClNO2. The lowest BCUT2D eigenvalue weighted by molar-refractivity contribution is -0.124. The van der Waals surface area contributed by atoms with Crippen molar-refractivity contribution in [3.63, 3.8) is 0 Å². The molecule has 1 aliphatic heterocycles. The van der Waals surface area contributed by atoms with Crippen molar-refractivity contribution >= 4 is 39.1 Å². The van der Waals surface area contributed by atoms with Gasteiger partial charge in [-0.3, -0.25) is 4.79 Å². The van der Waals surface area contributed by atoms with Gasteiger partial charge in [-0.15, -0.1) is 0 Å². The van der Waals surface area contributed by atoms with Crippen LogP contribution < -0.4 is 9.64 Å².